The molecule has 0 spiro atoms. The summed E-state index contributed by atoms with van der Waals surface area (Å²) in [5, 5.41) is 1.20. The summed E-state index contributed by atoms with van der Waals surface area (Å²) in [6.45, 7) is 0. The van der Waals surface area contributed by atoms with Crippen LogP contribution < -0.4 is 6.15 Å². The van der Waals surface area contributed by atoms with Crippen LogP contribution in [0, 0.1) is 0 Å². The summed E-state index contributed by atoms with van der Waals surface area (Å²) >= 11 is 1.67. The van der Waals surface area contributed by atoms with Gasteiger partial charge in [0.1, 0.15) is 5.52 Å². The molecule has 0 unspecified atom stereocenters. The smallest absolute Gasteiger partial charge is 0.100 e. The van der Waals surface area contributed by atoms with E-state index in [0.717, 1.165) is 11.0 Å². The van der Waals surface area contributed by atoms with Gasteiger partial charge in [-0.1, -0.05) is 18.2 Å². The number of para-hydroxylation sites is 1. The Bertz CT molecular complexity index is 573. The molecule has 0 saturated carbocycles. The lowest BCUT2D eigenvalue weighted by Gasteiger charge is -1.95. The summed E-state index contributed by atoms with van der Waals surface area (Å²) in [7, 11) is 0. The fourth-order valence-electron chi connectivity index (χ4n) is 1.46. The zero-order valence-electron chi connectivity index (χ0n) is 7.47. The molecule has 2 aromatic heterocycles. The Morgan fingerprint density at radius 1 is 1.00 bits per heavy atom. The topological polar surface area (TPSA) is 60.8 Å². The highest BCUT2D eigenvalue weighted by molar-refractivity contribution is 7.17. The number of aromatic nitrogens is 2. The molecule has 70 valence electrons. The summed E-state index contributed by atoms with van der Waals surface area (Å²) in [4.78, 5) is 8.55. The second-order valence-electron chi connectivity index (χ2n) is 2.84. The minimum atomic E-state index is 0. The van der Waals surface area contributed by atoms with Crippen LogP contribution in [0.1, 0.15) is 0 Å². The van der Waals surface area contributed by atoms with Crippen LogP contribution in [0.3, 0.4) is 0 Å². The van der Waals surface area contributed by atoms with E-state index < -0.39 is 0 Å². The summed E-state index contributed by atoms with van der Waals surface area (Å²) in [6.07, 6.45) is 1.83. The third-order valence-corrected chi connectivity index (χ3v) is 2.95. The fourth-order valence-corrected chi connectivity index (χ4v) is 2.25. The zero-order chi connectivity index (χ0) is 8.67. The quantitative estimate of drug-likeness (QED) is 0.611. The molecule has 0 radical (unpaired) electrons. The van der Waals surface area contributed by atoms with Crippen LogP contribution in [0.15, 0.2) is 36.0 Å². The number of benzene rings is 1. The standard InChI is InChI=1S/C10H6N2S.H3N/c1-2-4-8-7(3-1)10-9(5-11-8)12-6-13-10;/h1-6H;1H3. The maximum absolute atomic E-state index is 4.33. The van der Waals surface area contributed by atoms with Crippen molar-refractivity contribution in [3.05, 3.63) is 36.0 Å². The van der Waals surface area contributed by atoms with Crippen LogP contribution in [-0.4, -0.2) is 9.97 Å². The van der Waals surface area contributed by atoms with Gasteiger partial charge >= 0.3 is 0 Å². The Morgan fingerprint density at radius 2 is 1.86 bits per heavy atom. The molecular weight excluding hydrogens is 194 g/mol. The minimum Gasteiger partial charge on any atom is -0.344 e. The van der Waals surface area contributed by atoms with E-state index in [1.807, 2.05) is 29.9 Å². The number of fused-ring (bicyclic) bond motifs is 3. The lowest BCUT2D eigenvalue weighted by atomic mass is 10.2. The highest BCUT2D eigenvalue weighted by Gasteiger charge is 2.01. The molecule has 0 aliphatic heterocycles. The van der Waals surface area contributed by atoms with E-state index in [1.54, 1.807) is 11.3 Å². The van der Waals surface area contributed by atoms with Crippen molar-refractivity contribution in [1.82, 2.24) is 16.1 Å². The van der Waals surface area contributed by atoms with Crippen molar-refractivity contribution in [2.45, 2.75) is 0 Å². The van der Waals surface area contributed by atoms with Crippen molar-refractivity contribution < 1.29 is 0 Å². The summed E-state index contributed by atoms with van der Waals surface area (Å²) in [6, 6.07) is 8.14. The molecule has 0 bridgehead atoms. The fraction of sp³-hybridized carbons (Fsp3) is 0. The lowest BCUT2D eigenvalue weighted by molar-refractivity contribution is 1.40. The second kappa shape index (κ2) is 3.32. The van der Waals surface area contributed by atoms with Gasteiger partial charge in [0, 0.05) is 5.39 Å². The largest absolute Gasteiger partial charge is 0.344 e. The van der Waals surface area contributed by atoms with E-state index in [0.29, 0.717) is 0 Å². The van der Waals surface area contributed by atoms with Crippen LogP contribution in [0.25, 0.3) is 21.1 Å². The van der Waals surface area contributed by atoms with Crippen LogP contribution in [-0.2, 0) is 0 Å². The van der Waals surface area contributed by atoms with Gasteiger partial charge in [-0.2, -0.15) is 0 Å². The molecule has 3 nitrogen and oxygen atoms in total. The van der Waals surface area contributed by atoms with Gasteiger partial charge in [-0.05, 0) is 6.07 Å². The highest BCUT2D eigenvalue weighted by Crippen LogP contribution is 2.25. The van der Waals surface area contributed by atoms with E-state index in [4.69, 9.17) is 0 Å². The maximum Gasteiger partial charge on any atom is 0.100 e. The van der Waals surface area contributed by atoms with Gasteiger partial charge in [-0.25, -0.2) is 4.98 Å². The van der Waals surface area contributed by atoms with Gasteiger partial charge in [0.25, 0.3) is 0 Å². The molecule has 2 heterocycles. The molecule has 3 N–H and O–H groups in total. The zero-order valence-corrected chi connectivity index (χ0v) is 8.29. The van der Waals surface area contributed by atoms with E-state index >= 15 is 0 Å². The first-order chi connectivity index (χ1) is 6.45. The first-order valence-electron chi connectivity index (χ1n) is 4.02. The monoisotopic (exact) mass is 203 g/mol. The first kappa shape index (κ1) is 9.05. The minimum absolute atomic E-state index is 0. The molecule has 0 aliphatic carbocycles. The third-order valence-electron chi connectivity index (χ3n) is 2.07. The Labute approximate surface area is 85.0 Å². The van der Waals surface area contributed by atoms with Crippen LogP contribution in [0.4, 0.5) is 0 Å². The predicted octanol–water partition coefficient (Wildman–Crippen LogP) is 3.01. The average Bonchev–Trinajstić information content (AvgIpc) is 2.65. The Balaban J connectivity index is 0.000000750. The Morgan fingerprint density at radius 3 is 2.79 bits per heavy atom. The molecule has 1 aromatic carbocycles. The summed E-state index contributed by atoms with van der Waals surface area (Å²) in [5.41, 5.74) is 3.89. The van der Waals surface area contributed by atoms with Crippen molar-refractivity contribution in [2.75, 3.05) is 0 Å². The SMILES string of the molecule is N.c1ccc2c(c1)ncc1ncsc12. The van der Waals surface area contributed by atoms with Gasteiger partial charge in [0.2, 0.25) is 0 Å². The Kier molecular flexibility index (Phi) is 2.15. The van der Waals surface area contributed by atoms with Gasteiger partial charge in [-0.15, -0.1) is 11.3 Å². The van der Waals surface area contributed by atoms with Gasteiger partial charge < -0.3 is 6.15 Å². The third kappa shape index (κ3) is 1.16. The molecule has 0 aliphatic rings. The second-order valence-corrected chi connectivity index (χ2v) is 3.70. The molecule has 3 rings (SSSR count). The molecule has 3 aromatic rings. The van der Waals surface area contributed by atoms with Crippen LogP contribution >= 0.6 is 11.3 Å². The molecule has 0 atom stereocenters. The van der Waals surface area contributed by atoms with Crippen LogP contribution in [0.5, 0.6) is 0 Å². The number of pyridine rings is 1. The normalized spacial score (nSPS) is 10.3. The molecule has 0 saturated heterocycles. The number of hydrogen-bond donors (Lipinski definition) is 1. The van der Waals surface area contributed by atoms with Crippen molar-refractivity contribution in [3.8, 4) is 0 Å². The van der Waals surface area contributed by atoms with E-state index in [9.17, 15) is 0 Å². The molecule has 4 heteroatoms. The van der Waals surface area contributed by atoms with Gasteiger partial charge in [0.15, 0.2) is 0 Å². The lowest BCUT2D eigenvalue weighted by Crippen LogP contribution is -1.77. The maximum atomic E-state index is 4.33. The van der Waals surface area contributed by atoms with Crippen molar-refractivity contribution in [2.24, 2.45) is 0 Å². The average molecular weight is 203 g/mol. The van der Waals surface area contributed by atoms with Crippen LogP contribution in [0.2, 0.25) is 0 Å². The summed E-state index contributed by atoms with van der Waals surface area (Å²) in [5.74, 6) is 0. The van der Waals surface area contributed by atoms with Crippen molar-refractivity contribution >= 4 is 32.5 Å². The summed E-state index contributed by atoms with van der Waals surface area (Å²) < 4.78 is 1.23. The number of nitrogens with zero attached hydrogens (tertiary/aromatic N) is 2. The molecule has 0 fully saturated rings. The van der Waals surface area contributed by atoms with Gasteiger partial charge in [-0.3, -0.25) is 4.98 Å². The molecule has 14 heavy (non-hydrogen) atoms. The first-order valence-corrected chi connectivity index (χ1v) is 4.90. The number of hydrogen-bond acceptors (Lipinski definition) is 4. The van der Waals surface area contributed by atoms with E-state index in [-0.39, 0.29) is 6.15 Å². The van der Waals surface area contributed by atoms with E-state index in [1.165, 1.54) is 10.1 Å². The van der Waals surface area contributed by atoms with Crippen molar-refractivity contribution in [3.63, 3.8) is 0 Å². The van der Waals surface area contributed by atoms with Gasteiger partial charge in [0.05, 0.1) is 21.9 Å². The van der Waals surface area contributed by atoms with E-state index in [2.05, 4.69) is 16.0 Å². The predicted molar refractivity (Wildman–Crippen MR) is 59.9 cm³/mol. The molecule has 0 amide bonds. The highest BCUT2D eigenvalue weighted by atomic mass is 32.1. The Hall–Kier alpha value is -1.52. The molecular formula is C10H9N3S. The number of rotatable bonds is 0. The number of thiazole rings is 1. The van der Waals surface area contributed by atoms with Crippen molar-refractivity contribution in [1.29, 1.82) is 0 Å².